The number of hydrogen-bond donors (Lipinski definition) is 0. The molecule has 3 fully saturated rings. The molecule has 144 valence electrons. The molecular formula is C19H31N5O2. The van der Waals surface area contributed by atoms with Gasteiger partial charge < -0.3 is 14.5 Å². The second kappa shape index (κ2) is 6.51. The zero-order valence-electron chi connectivity index (χ0n) is 16.2. The normalized spacial score (nSPS) is 30.6. The summed E-state index contributed by atoms with van der Waals surface area (Å²) in [5, 5.41) is 4.29. The molecule has 4 rings (SSSR count). The van der Waals surface area contributed by atoms with Crippen molar-refractivity contribution in [3.05, 3.63) is 12.7 Å². The lowest BCUT2D eigenvalue weighted by molar-refractivity contribution is -0.0136. The molecule has 26 heavy (non-hydrogen) atoms. The van der Waals surface area contributed by atoms with Gasteiger partial charge in [0.25, 0.3) is 0 Å². The highest BCUT2D eigenvalue weighted by atomic mass is 16.6. The first kappa shape index (κ1) is 17.8. The second-order valence-corrected chi connectivity index (χ2v) is 9.36. The number of hydrogen-bond acceptors (Lipinski definition) is 5. The van der Waals surface area contributed by atoms with Gasteiger partial charge in [-0.05, 0) is 58.3 Å². The maximum absolute atomic E-state index is 12.3. The fourth-order valence-corrected chi connectivity index (χ4v) is 4.87. The van der Waals surface area contributed by atoms with Crippen LogP contribution in [0.2, 0.25) is 0 Å². The number of nitrogens with zero attached hydrogens (tertiary/aromatic N) is 5. The number of rotatable bonds is 2. The molecule has 7 heteroatoms. The van der Waals surface area contributed by atoms with Gasteiger partial charge in [0.1, 0.15) is 18.3 Å². The zero-order chi connectivity index (χ0) is 18.4. The Balaban J connectivity index is 1.24. The molecule has 1 saturated carbocycles. The Kier molecular flexibility index (Phi) is 4.45. The smallest absolute Gasteiger partial charge is 0.410 e. The number of carbonyl (C=O) groups excluding carboxylic acids is 1. The van der Waals surface area contributed by atoms with E-state index in [1.54, 1.807) is 6.33 Å². The fourth-order valence-electron chi connectivity index (χ4n) is 4.87. The van der Waals surface area contributed by atoms with Gasteiger partial charge in [-0.3, -0.25) is 0 Å². The lowest BCUT2D eigenvalue weighted by Gasteiger charge is -2.51. The minimum absolute atomic E-state index is 0.147. The van der Waals surface area contributed by atoms with E-state index in [0.717, 1.165) is 45.4 Å². The molecule has 0 unspecified atom stereocenters. The lowest BCUT2D eigenvalue weighted by atomic mass is 9.64. The van der Waals surface area contributed by atoms with Crippen LogP contribution in [-0.4, -0.2) is 68.5 Å². The topological polar surface area (TPSA) is 63.5 Å². The van der Waals surface area contributed by atoms with E-state index in [9.17, 15) is 4.79 Å². The first-order valence-electron chi connectivity index (χ1n) is 9.90. The predicted molar refractivity (Wildman–Crippen MR) is 97.7 cm³/mol. The predicted octanol–water partition coefficient (Wildman–Crippen LogP) is 2.70. The van der Waals surface area contributed by atoms with Crippen molar-refractivity contribution in [3.8, 4) is 0 Å². The van der Waals surface area contributed by atoms with Crippen LogP contribution in [0.5, 0.6) is 0 Å². The van der Waals surface area contributed by atoms with Crippen LogP contribution >= 0.6 is 0 Å². The van der Waals surface area contributed by atoms with Gasteiger partial charge in [0, 0.05) is 32.2 Å². The summed E-state index contributed by atoms with van der Waals surface area (Å²) in [5.74, 6) is 0. The second-order valence-electron chi connectivity index (χ2n) is 9.36. The van der Waals surface area contributed by atoms with E-state index in [1.165, 1.54) is 12.8 Å². The SMILES string of the molecule is CC(C)(C)OC(=O)N1CCC2(CC(N3CCC(n4cncn4)CC3)C2)C1. The maximum atomic E-state index is 12.3. The highest BCUT2D eigenvalue weighted by Crippen LogP contribution is 2.50. The van der Waals surface area contributed by atoms with Crippen LogP contribution in [0.4, 0.5) is 4.79 Å². The van der Waals surface area contributed by atoms with E-state index in [2.05, 4.69) is 15.0 Å². The third-order valence-corrected chi connectivity index (χ3v) is 6.25. The molecule has 0 bridgehead atoms. The van der Waals surface area contributed by atoms with Crippen molar-refractivity contribution in [3.63, 3.8) is 0 Å². The van der Waals surface area contributed by atoms with Gasteiger partial charge in [-0.2, -0.15) is 5.10 Å². The summed E-state index contributed by atoms with van der Waals surface area (Å²) in [7, 11) is 0. The van der Waals surface area contributed by atoms with Crippen LogP contribution in [0.1, 0.15) is 58.9 Å². The van der Waals surface area contributed by atoms with Gasteiger partial charge >= 0.3 is 6.09 Å². The van der Waals surface area contributed by atoms with Crippen molar-refractivity contribution >= 4 is 6.09 Å². The summed E-state index contributed by atoms with van der Waals surface area (Å²) in [6, 6.07) is 1.18. The third kappa shape index (κ3) is 3.59. The molecule has 2 saturated heterocycles. The molecule has 1 aromatic rings. The molecule has 1 amide bonds. The molecule has 0 atom stereocenters. The summed E-state index contributed by atoms with van der Waals surface area (Å²) in [6.07, 6.45) is 9.18. The van der Waals surface area contributed by atoms with Crippen LogP contribution < -0.4 is 0 Å². The Morgan fingerprint density at radius 3 is 2.50 bits per heavy atom. The molecule has 2 aliphatic heterocycles. The van der Waals surface area contributed by atoms with Crippen LogP contribution in [-0.2, 0) is 4.74 Å². The van der Waals surface area contributed by atoms with E-state index in [-0.39, 0.29) is 6.09 Å². The summed E-state index contributed by atoms with van der Waals surface area (Å²) in [5.41, 5.74) is -0.0756. The van der Waals surface area contributed by atoms with Gasteiger partial charge in [-0.1, -0.05) is 0 Å². The standard InChI is InChI=1S/C19H31N5O2/c1-18(2,3)26-17(25)23-9-6-19(12-23)10-16(11-19)22-7-4-15(5-8-22)24-14-20-13-21-24/h13-16H,4-12H2,1-3H3. The van der Waals surface area contributed by atoms with Crippen molar-refractivity contribution in [2.45, 2.75) is 70.6 Å². The highest BCUT2D eigenvalue weighted by Gasteiger charge is 2.51. The summed E-state index contributed by atoms with van der Waals surface area (Å²) in [4.78, 5) is 20.9. The molecule has 0 aromatic carbocycles. The zero-order valence-corrected chi connectivity index (χ0v) is 16.2. The summed E-state index contributed by atoms with van der Waals surface area (Å²) in [6.45, 7) is 9.78. The summed E-state index contributed by atoms with van der Waals surface area (Å²) >= 11 is 0. The number of carbonyl (C=O) groups is 1. The largest absolute Gasteiger partial charge is 0.444 e. The molecular weight excluding hydrogens is 330 g/mol. The van der Waals surface area contributed by atoms with Crippen molar-refractivity contribution in [1.82, 2.24) is 24.6 Å². The van der Waals surface area contributed by atoms with Gasteiger partial charge in [-0.25, -0.2) is 14.5 Å². The summed E-state index contributed by atoms with van der Waals surface area (Å²) < 4.78 is 7.55. The van der Waals surface area contributed by atoms with E-state index < -0.39 is 5.60 Å². The van der Waals surface area contributed by atoms with Gasteiger partial charge in [0.2, 0.25) is 0 Å². The Labute approximate surface area is 155 Å². The fraction of sp³-hybridized carbons (Fsp3) is 0.842. The first-order valence-corrected chi connectivity index (χ1v) is 9.90. The lowest BCUT2D eigenvalue weighted by Crippen LogP contribution is -2.54. The molecule has 3 heterocycles. The minimum Gasteiger partial charge on any atom is -0.444 e. The number of aromatic nitrogens is 3. The maximum Gasteiger partial charge on any atom is 0.410 e. The number of piperidine rings is 1. The molecule has 1 spiro atoms. The third-order valence-electron chi connectivity index (χ3n) is 6.25. The van der Waals surface area contributed by atoms with Crippen molar-refractivity contribution < 1.29 is 9.53 Å². The number of ether oxygens (including phenoxy) is 1. The van der Waals surface area contributed by atoms with Crippen LogP contribution in [0.15, 0.2) is 12.7 Å². The van der Waals surface area contributed by atoms with Crippen molar-refractivity contribution in [2.75, 3.05) is 26.2 Å². The Hall–Kier alpha value is -1.63. The molecule has 7 nitrogen and oxygen atoms in total. The highest BCUT2D eigenvalue weighted by molar-refractivity contribution is 5.68. The van der Waals surface area contributed by atoms with Gasteiger partial charge in [-0.15, -0.1) is 0 Å². The van der Waals surface area contributed by atoms with E-state index in [0.29, 0.717) is 17.5 Å². The van der Waals surface area contributed by atoms with Crippen LogP contribution in [0.25, 0.3) is 0 Å². The Bertz CT molecular complexity index is 625. The van der Waals surface area contributed by atoms with E-state index >= 15 is 0 Å². The minimum atomic E-state index is -0.413. The molecule has 1 aliphatic carbocycles. The average Bonchev–Trinajstić information content (AvgIpc) is 3.22. The monoisotopic (exact) mass is 361 g/mol. The van der Waals surface area contributed by atoms with Crippen molar-refractivity contribution in [1.29, 1.82) is 0 Å². The van der Waals surface area contributed by atoms with Gasteiger partial charge in [0.15, 0.2) is 0 Å². The molecule has 3 aliphatic rings. The first-order chi connectivity index (χ1) is 12.3. The molecule has 0 N–H and O–H groups in total. The molecule has 0 radical (unpaired) electrons. The molecule has 1 aromatic heterocycles. The van der Waals surface area contributed by atoms with Crippen molar-refractivity contribution in [2.24, 2.45) is 5.41 Å². The van der Waals surface area contributed by atoms with Crippen LogP contribution in [0, 0.1) is 5.41 Å². The van der Waals surface area contributed by atoms with Gasteiger partial charge in [0.05, 0.1) is 6.04 Å². The van der Waals surface area contributed by atoms with E-state index in [1.807, 2.05) is 36.7 Å². The average molecular weight is 361 g/mol. The van der Waals surface area contributed by atoms with E-state index in [4.69, 9.17) is 4.74 Å². The number of amides is 1. The Morgan fingerprint density at radius 1 is 1.15 bits per heavy atom. The quantitative estimate of drug-likeness (QED) is 0.810. The number of likely N-dealkylation sites (tertiary alicyclic amines) is 2. The Morgan fingerprint density at radius 2 is 1.88 bits per heavy atom. The van der Waals surface area contributed by atoms with Crippen LogP contribution in [0.3, 0.4) is 0 Å².